The van der Waals surface area contributed by atoms with E-state index in [-0.39, 0.29) is 17.2 Å². The van der Waals surface area contributed by atoms with Crippen molar-refractivity contribution in [2.45, 2.75) is 18.7 Å². The predicted molar refractivity (Wildman–Crippen MR) is 138 cm³/mol. The Balaban J connectivity index is 1.77. The van der Waals surface area contributed by atoms with Crippen LogP contribution in [0.3, 0.4) is 0 Å². The molecule has 0 aliphatic carbocycles. The molecule has 0 aliphatic heterocycles. The molecule has 3 rings (SSSR count). The molecule has 0 atom stereocenters. The molecule has 3 N–H and O–H groups in total. The second-order valence-corrected chi connectivity index (χ2v) is 9.65. The van der Waals surface area contributed by atoms with Crippen molar-refractivity contribution in [2.75, 3.05) is 35.2 Å². The van der Waals surface area contributed by atoms with Crippen LogP contribution < -0.4 is 15.0 Å². The Morgan fingerprint density at radius 1 is 1.06 bits per heavy atom. The summed E-state index contributed by atoms with van der Waals surface area (Å²) in [7, 11) is -2.18. The summed E-state index contributed by atoms with van der Waals surface area (Å²) in [5.41, 5.74) is 6.04. The van der Waals surface area contributed by atoms with E-state index in [0.717, 1.165) is 28.4 Å². The zero-order chi connectivity index (χ0) is 25.6. The van der Waals surface area contributed by atoms with Gasteiger partial charge in [0.15, 0.2) is 0 Å². The maximum atomic E-state index is 12.8. The first-order valence-electron chi connectivity index (χ1n) is 10.7. The molecule has 184 valence electrons. The highest BCUT2D eigenvalue weighted by atomic mass is 32.2. The number of rotatable bonds is 10. The van der Waals surface area contributed by atoms with Crippen LogP contribution in [0.4, 0.5) is 22.7 Å². The van der Waals surface area contributed by atoms with E-state index in [9.17, 15) is 18.5 Å². The summed E-state index contributed by atoms with van der Waals surface area (Å²) in [6.07, 6.45) is 1.49. The van der Waals surface area contributed by atoms with Crippen molar-refractivity contribution in [1.29, 1.82) is 0 Å². The molecule has 0 fully saturated rings. The van der Waals surface area contributed by atoms with Crippen LogP contribution in [0.15, 0.2) is 70.7 Å². The quantitative estimate of drug-likeness (QED) is 0.219. The molecule has 0 saturated heterocycles. The van der Waals surface area contributed by atoms with Gasteiger partial charge in [-0.05, 0) is 55.3 Å². The number of hydrazone groups is 1. The fourth-order valence-electron chi connectivity index (χ4n) is 3.33. The maximum Gasteiger partial charge on any atom is 0.295 e. The third kappa shape index (κ3) is 6.55. The van der Waals surface area contributed by atoms with Gasteiger partial charge in [0.1, 0.15) is 5.69 Å². The van der Waals surface area contributed by atoms with Gasteiger partial charge in [0.2, 0.25) is 0 Å². The first-order chi connectivity index (χ1) is 16.6. The van der Waals surface area contributed by atoms with Gasteiger partial charge < -0.3 is 10.0 Å². The minimum absolute atomic E-state index is 0.0458. The molecule has 0 saturated carbocycles. The van der Waals surface area contributed by atoms with Crippen LogP contribution in [0.25, 0.3) is 0 Å². The number of anilines is 3. The molecule has 0 amide bonds. The number of nitro groups is 1. The zero-order valence-electron chi connectivity index (χ0n) is 19.6. The Morgan fingerprint density at radius 3 is 2.37 bits per heavy atom. The van der Waals surface area contributed by atoms with Crippen molar-refractivity contribution in [3.63, 3.8) is 0 Å². The summed E-state index contributed by atoms with van der Waals surface area (Å²) in [5.74, 6) is 0. The largest absolute Gasteiger partial charge is 0.395 e. The number of nitrogens with zero attached hydrogens (tertiary/aromatic N) is 3. The Kier molecular flexibility index (Phi) is 8.05. The number of aliphatic hydroxyl groups is 1. The molecule has 3 aromatic carbocycles. The number of sulfonamides is 1. The Hall–Kier alpha value is -3.96. The van der Waals surface area contributed by atoms with E-state index in [1.165, 1.54) is 18.3 Å². The van der Waals surface area contributed by atoms with E-state index in [4.69, 9.17) is 5.11 Å². The molecule has 3 aromatic rings. The van der Waals surface area contributed by atoms with Gasteiger partial charge >= 0.3 is 0 Å². The highest BCUT2D eigenvalue weighted by Crippen LogP contribution is 2.29. The Bertz CT molecular complexity index is 1340. The third-order valence-corrected chi connectivity index (χ3v) is 6.63. The van der Waals surface area contributed by atoms with Crippen LogP contribution >= 0.6 is 0 Å². The van der Waals surface area contributed by atoms with Gasteiger partial charge in [-0.15, -0.1) is 0 Å². The van der Waals surface area contributed by atoms with Crippen LogP contribution in [0.1, 0.15) is 16.7 Å². The van der Waals surface area contributed by atoms with Gasteiger partial charge in [0.25, 0.3) is 15.7 Å². The van der Waals surface area contributed by atoms with Crippen molar-refractivity contribution in [3.8, 4) is 0 Å². The lowest BCUT2D eigenvalue weighted by atomic mass is 10.1. The van der Waals surface area contributed by atoms with Crippen LogP contribution in [-0.2, 0) is 10.0 Å². The molecule has 0 unspecified atom stereocenters. The monoisotopic (exact) mass is 497 g/mol. The van der Waals surface area contributed by atoms with Crippen molar-refractivity contribution in [1.82, 2.24) is 0 Å². The highest BCUT2D eigenvalue weighted by Gasteiger charge is 2.22. The molecule has 0 aliphatic rings. The summed E-state index contributed by atoms with van der Waals surface area (Å²) in [4.78, 5) is 12.6. The highest BCUT2D eigenvalue weighted by molar-refractivity contribution is 7.92. The fourth-order valence-corrected chi connectivity index (χ4v) is 4.48. The van der Waals surface area contributed by atoms with Crippen molar-refractivity contribution in [3.05, 3.63) is 87.5 Å². The molecular formula is C24H27N5O5S. The predicted octanol–water partition coefficient (Wildman–Crippen LogP) is 3.89. The lowest BCUT2D eigenvalue weighted by Crippen LogP contribution is -2.20. The maximum absolute atomic E-state index is 12.8. The van der Waals surface area contributed by atoms with Crippen molar-refractivity contribution < 1.29 is 18.4 Å². The Morgan fingerprint density at radius 2 is 1.74 bits per heavy atom. The zero-order valence-corrected chi connectivity index (χ0v) is 20.4. The standard InChI is InChI=1S/C24H27N5O5S/c1-17-4-10-22(18(2)14-17)27-35(33,34)21-9-11-23(24(15-21)29(31)32)26-25-16-19-5-7-20(8-6-19)28(3)12-13-30/h4-11,14-16,26-27,30H,12-13H2,1-3H3/b25-16+. The van der Waals surface area contributed by atoms with E-state index >= 15 is 0 Å². The van der Waals surface area contributed by atoms with Gasteiger partial charge in [0.05, 0.1) is 28.3 Å². The van der Waals surface area contributed by atoms with E-state index in [1.807, 2.05) is 49.2 Å². The number of likely N-dealkylation sites (N-methyl/N-ethyl adjacent to an activating group) is 1. The second-order valence-electron chi connectivity index (χ2n) is 7.97. The van der Waals surface area contributed by atoms with Crippen LogP contribution in [0, 0.1) is 24.0 Å². The van der Waals surface area contributed by atoms with Gasteiger partial charge in [-0.2, -0.15) is 5.10 Å². The topological polar surface area (TPSA) is 137 Å². The van der Waals surface area contributed by atoms with Gasteiger partial charge in [-0.1, -0.05) is 29.8 Å². The van der Waals surface area contributed by atoms with Gasteiger partial charge in [0, 0.05) is 25.3 Å². The number of hydrogen-bond donors (Lipinski definition) is 3. The van der Waals surface area contributed by atoms with Crippen LogP contribution in [-0.4, -0.2) is 44.9 Å². The molecular weight excluding hydrogens is 470 g/mol. The summed E-state index contributed by atoms with van der Waals surface area (Å²) in [5, 5.41) is 24.7. The third-order valence-electron chi connectivity index (χ3n) is 5.27. The SMILES string of the molecule is Cc1ccc(NS(=O)(=O)c2ccc(N/N=C/c3ccc(N(C)CCO)cc3)c([N+](=O)[O-])c2)c(C)c1. The van der Waals surface area contributed by atoms with Crippen molar-refractivity contribution in [2.24, 2.45) is 5.10 Å². The van der Waals surface area contributed by atoms with E-state index in [2.05, 4.69) is 15.2 Å². The molecule has 10 nitrogen and oxygen atoms in total. The number of nitro benzene ring substituents is 1. The summed E-state index contributed by atoms with van der Waals surface area (Å²) >= 11 is 0. The van der Waals surface area contributed by atoms with E-state index in [0.29, 0.717) is 12.2 Å². The second kappa shape index (κ2) is 11.0. The lowest BCUT2D eigenvalue weighted by Gasteiger charge is -2.17. The first kappa shape index (κ1) is 25.7. The molecule has 0 spiro atoms. The number of aliphatic hydroxyl groups excluding tert-OH is 1. The van der Waals surface area contributed by atoms with Crippen LogP contribution in [0.5, 0.6) is 0 Å². The van der Waals surface area contributed by atoms with Gasteiger partial charge in [-0.3, -0.25) is 20.3 Å². The summed E-state index contributed by atoms with van der Waals surface area (Å²) in [6.45, 7) is 4.23. The minimum Gasteiger partial charge on any atom is -0.395 e. The Labute approximate surface area is 204 Å². The van der Waals surface area contributed by atoms with Crippen molar-refractivity contribution >= 4 is 39.0 Å². The lowest BCUT2D eigenvalue weighted by molar-refractivity contribution is -0.384. The first-order valence-corrected chi connectivity index (χ1v) is 12.2. The number of aryl methyl sites for hydroxylation is 2. The molecule has 0 bridgehead atoms. The summed E-state index contributed by atoms with van der Waals surface area (Å²) < 4.78 is 28.2. The molecule has 11 heteroatoms. The fraction of sp³-hybridized carbons (Fsp3) is 0.208. The normalized spacial score (nSPS) is 11.4. The summed E-state index contributed by atoms with van der Waals surface area (Å²) in [6, 6.07) is 16.2. The average molecular weight is 498 g/mol. The van der Waals surface area contributed by atoms with Crippen LogP contribution in [0.2, 0.25) is 0 Å². The molecule has 0 heterocycles. The minimum atomic E-state index is -4.04. The van der Waals surface area contributed by atoms with Gasteiger partial charge in [-0.25, -0.2) is 8.42 Å². The number of nitrogens with one attached hydrogen (secondary N) is 2. The molecule has 0 radical (unpaired) electrons. The molecule has 0 aromatic heterocycles. The number of benzene rings is 3. The average Bonchev–Trinajstić information content (AvgIpc) is 2.81. The van der Waals surface area contributed by atoms with E-state index < -0.39 is 20.6 Å². The smallest absolute Gasteiger partial charge is 0.295 e. The molecule has 35 heavy (non-hydrogen) atoms. The van der Waals surface area contributed by atoms with E-state index in [1.54, 1.807) is 19.1 Å². The number of hydrogen-bond acceptors (Lipinski definition) is 8.